The molecule has 0 bridgehead atoms. The second-order valence-electron chi connectivity index (χ2n) is 7.98. The van der Waals surface area contributed by atoms with Gasteiger partial charge in [-0.15, -0.1) is 0 Å². The van der Waals surface area contributed by atoms with Crippen LogP contribution in [0.2, 0.25) is 0 Å². The number of H-pyrrole nitrogens is 1. The van der Waals surface area contributed by atoms with E-state index in [4.69, 9.17) is 0 Å². The van der Waals surface area contributed by atoms with E-state index in [1.165, 1.54) is 0 Å². The number of hydrogen-bond acceptors (Lipinski definition) is 5. The molecule has 0 aliphatic carbocycles. The summed E-state index contributed by atoms with van der Waals surface area (Å²) in [5.41, 5.74) is 1.82. The van der Waals surface area contributed by atoms with Crippen molar-refractivity contribution in [2.45, 2.75) is 45.1 Å². The molecule has 2 fully saturated rings. The summed E-state index contributed by atoms with van der Waals surface area (Å²) >= 11 is 0. The summed E-state index contributed by atoms with van der Waals surface area (Å²) in [7, 11) is 2.14. The fraction of sp³-hybridized carbons (Fsp3) is 0.789. The molecule has 1 aromatic rings. The maximum Gasteiger partial charge on any atom is 0.274 e. The highest BCUT2D eigenvalue weighted by Crippen LogP contribution is 2.25. The topological polar surface area (TPSA) is 75.7 Å². The van der Waals surface area contributed by atoms with Crippen molar-refractivity contribution in [2.75, 3.05) is 52.9 Å². The van der Waals surface area contributed by atoms with Crippen molar-refractivity contribution in [1.29, 1.82) is 0 Å². The number of carbonyl (C=O) groups is 1. The molecule has 146 valence electrons. The molecule has 1 amide bonds. The molecule has 3 rings (SSSR count). The molecule has 2 saturated heterocycles. The van der Waals surface area contributed by atoms with E-state index in [9.17, 15) is 9.90 Å². The lowest BCUT2D eigenvalue weighted by molar-refractivity contribution is -0.0179. The van der Waals surface area contributed by atoms with Crippen LogP contribution in [0.3, 0.4) is 0 Å². The van der Waals surface area contributed by atoms with E-state index in [-0.39, 0.29) is 5.91 Å². The zero-order valence-corrected chi connectivity index (χ0v) is 16.4. The van der Waals surface area contributed by atoms with E-state index in [0.29, 0.717) is 31.7 Å². The molecule has 0 spiro atoms. The van der Waals surface area contributed by atoms with E-state index in [0.717, 1.165) is 56.7 Å². The van der Waals surface area contributed by atoms with Gasteiger partial charge in [0.05, 0.1) is 5.60 Å². The first-order valence-electron chi connectivity index (χ1n) is 9.88. The van der Waals surface area contributed by atoms with Crippen LogP contribution < -0.4 is 0 Å². The van der Waals surface area contributed by atoms with Crippen molar-refractivity contribution in [3.63, 3.8) is 0 Å². The van der Waals surface area contributed by atoms with Crippen LogP contribution in [0.4, 0.5) is 0 Å². The number of likely N-dealkylation sites (N-methyl/N-ethyl adjacent to an activating group) is 1. The number of hydrogen-bond donors (Lipinski definition) is 2. The van der Waals surface area contributed by atoms with Gasteiger partial charge in [0.25, 0.3) is 5.91 Å². The van der Waals surface area contributed by atoms with Crippen LogP contribution in [-0.4, -0.2) is 94.4 Å². The molecular weight excluding hydrogens is 330 g/mol. The highest BCUT2D eigenvalue weighted by atomic mass is 16.3. The smallest absolute Gasteiger partial charge is 0.274 e. The number of amides is 1. The molecule has 3 heterocycles. The molecule has 2 N–H and O–H groups in total. The average molecular weight is 364 g/mol. The first kappa shape index (κ1) is 19.3. The van der Waals surface area contributed by atoms with E-state index < -0.39 is 5.60 Å². The Hall–Kier alpha value is -1.44. The Morgan fingerprint density at radius 1 is 1.19 bits per heavy atom. The Balaban J connectivity index is 1.60. The Labute approximate surface area is 156 Å². The zero-order chi connectivity index (χ0) is 18.7. The number of rotatable bonds is 4. The van der Waals surface area contributed by atoms with Gasteiger partial charge < -0.3 is 14.9 Å². The second-order valence-corrected chi connectivity index (χ2v) is 7.98. The van der Waals surface area contributed by atoms with Crippen LogP contribution in [0.5, 0.6) is 0 Å². The Bertz CT molecular complexity index is 623. The van der Waals surface area contributed by atoms with Gasteiger partial charge in [-0.2, -0.15) is 5.10 Å². The number of nitrogens with one attached hydrogen (secondary N) is 1. The fourth-order valence-electron chi connectivity index (χ4n) is 4.10. The van der Waals surface area contributed by atoms with E-state index in [1.54, 1.807) is 0 Å². The fourth-order valence-corrected chi connectivity index (χ4v) is 4.10. The molecule has 1 aromatic heterocycles. The number of aryl methyl sites for hydroxylation is 1. The van der Waals surface area contributed by atoms with Crippen molar-refractivity contribution in [3.05, 3.63) is 17.0 Å². The van der Waals surface area contributed by atoms with Gasteiger partial charge in [-0.3, -0.25) is 14.8 Å². The molecule has 0 radical (unpaired) electrons. The standard InChI is InChI=1S/C19H33N5O2/c1-4-16-15(2)17(21-20-16)18(25)24-8-5-6-19(26,7-9-24)14-23-12-10-22(3)11-13-23/h26H,4-14H2,1-3H3,(H,20,21). The van der Waals surface area contributed by atoms with Crippen molar-refractivity contribution in [2.24, 2.45) is 0 Å². The van der Waals surface area contributed by atoms with Gasteiger partial charge in [0.2, 0.25) is 0 Å². The number of aromatic amines is 1. The molecule has 2 aliphatic heterocycles. The number of likely N-dealkylation sites (tertiary alicyclic amines) is 1. The lowest BCUT2D eigenvalue weighted by Crippen LogP contribution is -2.51. The van der Waals surface area contributed by atoms with E-state index in [2.05, 4.69) is 34.0 Å². The van der Waals surface area contributed by atoms with Gasteiger partial charge in [-0.25, -0.2) is 0 Å². The van der Waals surface area contributed by atoms with Gasteiger partial charge in [-0.1, -0.05) is 6.92 Å². The highest BCUT2D eigenvalue weighted by molar-refractivity contribution is 5.93. The lowest BCUT2D eigenvalue weighted by atomic mass is 9.94. The third-order valence-electron chi connectivity index (χ3n) is 5.98. The summed E-state index contributed by atoms with van der Waals surface area (Å²) in [6.45, 7) is 10.1. The summed E-state index contributed by atoms with van der Waals surface area (Å²) in [6.07, 6.45) is 3.06. The average Bonchev–Trinajstić information content (AvgIpc) is 2.88. The molecule has 2 aliphatic rings. The molecule has 26 heavy (non-hydrogen) atoms. The molecule has 1 unspecified atom stereocenters. The normalized spacial score (nSPS) is 26.1. The molecule has 0 aromatic carbocycles. The number of carbonyl (C=O) groups excluding carboxylic acids is 1. The van der Waals surface area contributed by atoms with Gasteiger partial charge in [0.15, 0.2) is 5.69 Å². The largest absolute Gasteiger partial charge is 0.388 e. The summed E-state index contributed by atoms with van der Waals surface area (Å²) in [5.74, 6) is -0.0118. The maximum absolute atomic E-state index is 12.9. The number of aromatic nitrogens is 2. The van der Waals surface area contributed by atoms with Crippen LogP contribution in [0.1, 0.15) is 47.9 Å². The van der Waals surface area contributed by atoms with Crippen LogP contribution in [-0.2, 0) is 6.42 Å². The Morgan fingerprint density at radius 2 is 1.92 bits per heavy atom. The number of aliphatic hydroxyl groups is 1. The van der Waals surface area contributed by atoms with E-state index >= 15 is 0 Å². The lowest BCUT2D eigenvalue weighted by Gasteiger charge is -2.38. The minimum Gasteiger partial charge on any atom is -0.388 e. The van der Waals surface area contributed by atoms with Gasteiger partial charge in [0, 0.05) is 57.1 Å². The molecule has 7 nitrogen and oxygen atoms in total. The number of nitrogens with zero attached hydrogens (tertiary/aromatic N) is 4. The van der Waals surface area contributed by atoms with Crippen molar-refractivity contribution in [3.8, 4) is 0 Å². The minimum atomic E-state index is -0.694. The minimum absolute atomic E-state index is 0.0118. The highest BCUT2D eigenvalue weighted by Gasteiger charge is 2.34. The summed E-state index contributed by atoms with van der Waals surface area (Å²) < 4.78 is 0. The molecule has 7 heteroatoms. The predicted molar refractivity (Wildman–Crippen MR) is 101 cm³/mol. The predicted octanol–water partition coefficient (Wildman–Crippen LogP) is 0.885. The number of β-amino-alcohol motifs (C(OH)–C–C–N with tert-alkyl or cyclic N) is 1. The van der Waals surface area contributed by atoms with Crippen LogP contribution in [0, 0.1) is 6.92 Å². The van der Waals surface area contributed by atoms with Crippen LogP contribution in [0.25, 0.3) is 0 Å². The Morgan fingerprint density at radius 3 is 2.58 bits per heavy atom. The zero-order valence-electron chi connectivity index (χ0n) is 16.4. The first-order valence-corrected chi connectivity index (χ1v) is 9.88. The quantitative estimate of drug-likeness (QED) is 0.831. The third kappa shape index (κ3) is 4.27. The molecule has 0 saturated carbocycles. The van der Waals surface area contributed by atoms with Gasteiger partial charge >= 0.3 is 0 Å². The summed E-state index contributed by atoms with van der Waals surface area (Å²) in [6, 6.07) is 0. The van der Waals surface area contributed by atoms with Crippen molar-refractivity contribution in [1.82, 2.24) is 24.9 Å². The first-order chi connectivity index (χ1) is 12.4. The maximum atomic E-state index is 12.9. The second kappa shape index (κ2) is 8.06. The van der Waals surface area contributed by atoms with Crippen molar-refractivity contribution < 1.29 is 9.90 Å². The van der Waals surface area contributed by atoms with Gasteiger partial charge in [-0.05, 0) is 39.7 Å². The monoisotopic (exact) mass is 363 g/mol. The van der Waals surface area contributed by atoms with Crippen LogP contribution in [0.15, 0.2) is 0 Å². The number of piperazine rings is 1. The molecule has 1 atom stereocenters. The van der Waals surface area contributed by atoms with Crippen molar-refractivity contribution >= 4 is 5.91 Å². The SMILES string of the molecule is CCc1[nH]nc(C(=O)N2CCCC(O)(CN3CCN(C)CC3)CC2)c1C. The summed E-state index contributed by atoms with van der Waals surface area (Å²) in [5, 5.41) is 18.3. The van der Waals surface area contributed by atoms with E-state index in [1.807, 2.05) is 11.8 Å². The molecular formula is C19H33N5O2. The van der Waals surface area contributed by atoms with Gasteiger partial charge in [0.1, 0.15) is 0 Å². The van der Waals surface area contributed by atoms with Crippen LogP contribution >= 0.6 is 0 Å². The Kier molecular flexibility index (Phi) is 5.99. The third-order valence-corrected chi connectivity index (χ3v) is 5.98. The summed E-state index contributed by atoms with van der Waals surface area (Å²) in [4.78, 5) is 19.4.